The predicted molar refractivity (Wildman–Crippen MR) is 40.9 cm³/mol. The number of aryl methyl sites for hydroxylation is 1. The van der Waals surface area contributed by atoms with Crippen molar-refractivity contribution in [1.82, 2.24) is 14.8 Å². The average molecular weight is 156 g/mol. The van der Waals surface area contributed by atoms with Crippen molar-refractivity contribution >= 4 is 5.95 Å². The van der Waals surface area contributed by atoms with Gasteiger partial charge >= 0.3 is 0 Å². The fourth-order valence-corrected chi connectivity index (χ4v) is 0.812. The molecule has 0 saturated carbocycles. The molecular weight excluding hydrogens is 144 g/mol. The second-order valence-electron chi connectivity index (χ2n) is 2.19. The van der Waals surface area contributed by atoms with E-state index in [1.165, 1.54) is 4.68 Å². The highest BCUT2D eigenvalue weighted by atomic mass is 16.3. The Kier molecular flexibility index (Phi) is 2.43. The molecule has 0 spiro atoms. The third kappa shape index (κ3) is 1.68. The zero-order valence-electron chi connectivity index (χ0n) is 6.49. The summed E-state index contributed by atoms with van der Waals surface area (Å²) in [7, 11) is 0. The molecule has 0 aliphatic carbocycles. The van der Waals surface area contributed by atoms with Crippen LogP contribution in [0.2, 0.25) is 0 Å². The van der Waals surface area contributed by atoms with Gasteiger partial charge in [0.05, 0.1) is 13.2 Å². The van der Waals surface area contributed by atoms with Crippen molar-refractivity contribution in [3.63, 3.8) is 0 Å². The molecular formula is C6H12N4O. The lowest BCUT2D eigenvalue weighted by Gasteiger charge is -1.96. The van der Waals surface area contributed by atoms with E-state index in [1.54, 1.807) is 0 Å². The molecule has 1 aromatic heterocycles. The minimum absolute atomic E-state index is 0.0384. The summed E-state index contributed by atoms with van der Waals surface area (Å²) in [6, 6.07) is 0. The molecule has 0 aliphatic rings. The van der Waals surface area contributed by atoms with E-state index in [1.807, 2.05) is 6.92 Å². The number of rotatable bonds is 3. The Bertz CT molecular complexity index is 232. The van der Waals surface area contributed by atoms with Gasteiger partial charge in [0.15, 0.2) is 5.82 Å². The molecule has 0 radical (unpaired) electrons. The molecule has 0 aliphatic heterocycles. The van der Waals surface area contributed by atoms with E-state index in [9.17, 15) is 0 Å². The molecule has 0 fully saturated rings. The summed E-state index contributed by atoms with van der Waals surface area (Å²) in [5, 5.41) is 12.6. The molecule has 1 heterocycles. The van der Waals surface area contributed by atoms with Crippen molar-refractivity contribution in [3.8, 4) is 0 Å². The Morgan fingerprint density at radius 3 is 2.82 bits per heavy atom. The zero-order valence-corrected chi connectivity index (χ0v) is 6.49. The fourth-order valence-electron chi connectivity index (χ4n) is 0.812. The summed E-state index contributed by atoms with van der Waals surface area (Å²) in [6.45, 7) is 2.41. The fraction of sp³-hybridized carbons (Fsp3) is 0.667. The smallest absolute Gasteiger partial charge is 0.218 e. The molecule has 0 aromatic carbocycles. The SMILES string of the molecule is CCc1nc(N)n(CCO)n1. The molecule has 0 bridgehead atoms. The Hall–Kier alpha value is -1.10. The van der Waals surface area contributed by atoms with Crippen molar-refractivity contribution in [1.29, 1.82) is 0 Å². The van der Waals surface area contributed by atoms with Crippen LogP contribution in [-0.2, 0) is 13.0 Å². The Morgan fingerprint density at radius 2 is 2.36 bits per heavy atom. The highest BCUT2D eigenvalue weighted by molar-refractivity contribution is 5.15. The maximum absolute atomic E-state index is 8.58. The normalized spacial score (nSPS) is 10.4. The monoisotopic (exact) mass is 156 g/mol. The first kappa shape index (κ1) is 8.00. The van der Waals surface area contributed by atoms with Gasteiger partial charge in [-0.05, 0) is 0 Å². The highest BCUT2D eigenvalue weighted by Gasteiger charge is 2.02. The first-order valence-corrected chi connectivity index (χ1v) is 3.58. The van der Waals surface area contributed by atoms with Gasteiger partial charge in [-0.25, -0.2) is 4.68 Å². The van der Waals surface area contributed by atoms with Crippen LogP contribution in [0.15, 0.2) is 0 Å². The van der Waals surface area contributed by atoms with Gasteiger partial charge < -0.3 is 10.8 Å². The number of nitrogens with zero attached hydrogens (tertiary/aromatic N) is 3. The number of aromatic nitrogens is 3. The predicted octanol–water partition coefficient (Wildman–Crippen LogP) is -0.585. The van der Waals surface area contributed by atoms with Crippen molar-refractivity contribution in [2.75, 3.05) is 12.3 Å². The first-order chi connectivity index (χ1) is 5.27. The molecule has 0 saturated heterocycles. The molecule has 5 heteroatoms. The van der Waals surface area contributed by atoms with Crippen molar-refractivity contribution in [2.24, 2.45) is 0 Å². The number of aliphatic hydroxyl groups is 1. The molecule has 1 rings (SSSR count). The summed E-state index contributed by atoms with van der Waals surface area (Å²) in [5.41, 5.74) is 5.48. The van der Waals surface area contributed by atoms with Gasteiger partial charge in [-0.1, -0.05) is 6.92 Å². The van der Waals surface area contributed by atoms with Gasteiger partial charge in [0.2, 0.25) is 5.95 Å². The third-order valence-electron chi connectivity index (χ3n) is 1.37. The van der Waals surface area contributed by atoms with Crippen LogP contribution < -0.4 is 5.73 Å². The van der Waals surface area contributed by atoms with Crippen LogP contribution in [0.25, 0.3) is 0 Å². The lowest BCUT2D eigenvalue weighted by atomic mass is 10.5. The van der Waals surface area contributed by atoms with Crippen molar-refractivity contribution in [3.05, 3.63) is 5.82 Å². The van der Waals surface area contributed by atoms with Gasteiger partial charge in [-0.3, -0.25) is 0 Å². The van der Waals surface area contributed by atoms with E-state index in [2.05, 4.69) is 10.1 Å². The summed E-state index contributed by atoms with van der Waals surface area (Å²) >= 11 is 0. The highest BCUT2D eigenvalue weighted by Crippen LogP contribution is 1.99. The largest absolute Gasteiger partial charge is 0.394 e. The van der Waals surface area contributed by atoms with E-state index in [0.29, 0.717) is 12.5 Å². The van der Waals surface area contributed by atoms with Crippen LogP contribution in [0.3, 0.4) is 0 Å². The van der Waals surface area contributed by atoms with Gasteiger partial charge in [-0.15, -0.1) is 0 Å². The van der Waals surface area contributed by atoms with Gasteiger partial charge in [0.1, 0.15) is 0 Å². The topological polar surface area (TPSA) is 77.0 Å². The summed E-state index contributed by atoms with van der Waals surface area (Å²) in [4.78, 5) is 3.97. The molecule has 11 heavy (non-hydrogen) atoms. The van der Waals surface area contributed by atoms with Gasteiger partial charge in [-0.2, -0.15) is 10.1 Å². The maximum atomic E-state index is 8.58. The van der Waals surface area contributed by atoms with E-state index in [-0.39, 0.29) is 6.61 Å². The van der Waals surface area contributed by atoms with Crippen LogP contribution in [0.4, 0.5) is 5.95 Å². The molecule has 0 unspecified atom stereocenters. The van der Waals surface area contributed by atoms with Gasteiger partial charge in [0.25, 0.3) is 0 Å². The molecule has 1 aromatic rings. The molecule has 5 nitrogen and oxygen atoms in total. The minimum atomic E-state index is 0.0384. The first-order valence-electron chi connectivity index (χ1n) is 3.58. The van der Waals surface area contributed by atoms with Crippen LogP contribution in [0, 0.1) is 0 Å². The molecule has 0 atom stereocenters. The van der Waals surface area contributed by atoms with E-state index in [4.69, 9.17) is 10.8 Å². The Labute approximate surface area is 64.9 Å². The lowest BCUT2D eigenvalue weighted by molar-refractivity contribution is 0.270. The summed E-state index contributed by atoms with van der Waals surface area (Å²) in [6.07, 6.45) is 0.766. The summed E-state index contributed by atoms with van der Waals surface area (Å²) < 4.78 is 1.50. The minimum Gasteiger partial charge on any atom is -0.394 e. The number of aliphatic hydroxyl groups excluding tert-OH is 1. The number of hydrogen-bond acceptors (Lipinski definition) is 4. The van der Waals surface area contributed by atoms with Crippen LogP contribution in [0.1, 0.15) is 12.7 Å². The van der Waals surface area contributed by atoms with Crippen molar-refractivity contribution in [2.45, 2.75) is 19.9 Å². The number of hydrogen-bond donors (Lipinski definition) is 2. The second-order valence-corrected chi connectivity index (χ2v) is 2.19. The standard InChI is InChI=1S/C6H12N4O/c1-2-5-8-6(7)10(9-5)3-4-11/h11H,2-4H2,1H3,(H2,7,8,9). The average Bonchev–Trinajstić information content (AvgIpc) is 2.33. The van der Waals surface area contributed by atoms with Gasteiger partial charge in [0, 0.05) is 6.42 Å². The molecule has 0 amide bonds. The van der Waals surface area contributed by atoms with E-state index < -0.39 is 0 Å². The number of anilines is 1. The van der Waals surface area contributed by atoms with Crippen molar-refractivity contribution < 1.29 is 5.11 Å². The lowest BCUT2D eigenvalue weighted by Crippen LogP contribution is -2.07. The maximum Gasteiger partial charge on any atom is 0.218 e. The molecule has 62 valence electrons. The Morgan fingerprint density at radius 1 is 1.64 bits per heavy atom. The number of nitrogen functional groups attached to an aromatic ring is 1. The van der Waals surface area contributed by atoms with Crippen LogP contribution >= 0.6 is 0 Å². The van der Waals surface area contributed by atoms with Crippen LogP contribution in [0.5, 0.6) is 0 Å². The Balaban J connectivity index is 2.79. The quantitative estimate of drug-likeness (QED) is 0.613. The van der Waals surface area contributed by atoms with E-state index in [0.717, 1.165) is 12.2 Å². The molecule has 3 N–H and O–H groups in total. The van der Waals surface area contributed by atoms with E-state index >= 15 is 0 Å². The number of nitrogens with two attached hydrogens (primary N) is 1. The van der Waals surface area contributed by atoms with Crippen LogP contribution in [-0.4, -0.2) is 26.5 Å². The zero-order chi connectivity index (χ0) is 8.27. The third-order valence-corrected chi connectivity index (χ3v) is 1.37. The second kappa shape index (κ2) is 3.34. The summed E-state index contributed by atoms with van der Waals surface area (Å²) in [5.74, 6) is 1.09.